The Morgan fingerprint density at radius 3 is 2.65 bits per heavy atom. The number of carbonyl (C=O) groups is 1. The molecule has 0 aromatic heterocycles. The molecule has 128 valence electrons. The summed E-state index contributed by atoms with van der Waals surface area (Å²) in [5, 5.41) is 15.1. The first-order valence-electron chi connectivity index (χ1n) is 7.39. The number of para-hydroxylation sites is 1. The van der Waals surface area contributed by atoms with Gasteiger partial charge < -0.3 is 15.7 Å². The Bertz CT molecular complexity index is 540. The van der Waals surface area contributed by atoms with Crippen LogP contribution in [0.5, 0.6) is 0 Å². The minimum Gasteiger partial charge on any atom is -0.391 e. The Labute approximate surface area is 136 Å². The van der Waals surface area contributed by atoms with Crippen LogP contribution in [0.4, 0.5) is 23.7 Å². The quantitative estimate of drug-likeness (QED) is 0.726. The summed E-state index contributed by atoms with van der Waals surface area (Å²) < 4.78 is 37.0. The van der Waals surface area contributed by atoms with Gasteiger partial charge in [0.25, 0.3) is 0 Å². The van der Waals surface area contributed by atoms with Crippen LogP contribution in [0, 0.1) is 0 Å². The summed E-state index contributed by atoms with van der Waals surface area (Å²) in [6.07, 6.45) is -1.66. The molecule has 0 spiro atoms. The Kier molecular flexibility index (Phi) is 6.17. The number of alkyl halides is 3. The van der Waals surface area contributed by atoms with Gasteiger partial charge in [-0.15, -0.1) is 11.8 Å². The summed E-state index contributed by atoms with van der Waals surface area (Å²) in [6, 6.07) is 5.50. The number of aliphatic hydroxyl groups excluding tert-OH is 1. The molecule has 1 aromatic rings. The first-order chi connectivity index (χ1) is 10.8. The van der Waals surface area contributed by atoms with Crippen molar-refractivity contribution in [2.45, 2.75) is 48.9 Å². The molecule has 1 fully saturated rings. The number of aliphatic hydroxyl groups is 1. The number of hydrogen-bond acceptors (Lipinski definition) is 3. The minimum absolute atomic E-state index is 0.321. The van der Waals surface area contributed by atoms with Crippen molar-refractivity contribution in [3.63, 3.8) is 0 Å². The van der Waals surface area contributed by atoms with Crippen molar-refractivity contribution >= 4 is 23.5 Å². The molecule has 2 rings (SSSR count). The zero-order valence-corrected chi connectivity index (χ0v) is 13.2. The van der Waals surface area contributed by atoms with Crippen molar-refractivity contribution < 1.29 is 23.1 Å². The van der Waals surface area contributed by atoms with Gasteiger partial charge in [-0.3, -0.25) is 0 Å². The van der Waals surface area contributed by atoms with Gasteiger partial charge in [0.1, 0.15) is 0 Å². The van der Waals surface area contributed by atoms with Gasteiger partial charge in [-0.2, -0.15) is 13.2 Å². The van der Waals surface area contributed by atoms with Gasteiger partial charge in [0.05, 0.1) is 23.6 Å². The lowest BCUT2D eigenvalue weighted by Gasteiger charge is -2.28. The van der Waals surface area contributed by atoms with Gasteiger partial charge in [-0.05, 0) is 25.0 Å². The zero-order valence-electron chi connectivity index (χ0n) is 12.4. The summed E-state index contributed by atoms with van der Waals surface area (Å²) in [7, 11) is 0. The van der Waals surface area contributed by atoms with Gasteiger partial charge in [0.15, 0.2) is 0 Å². The van der Waals surface area contributed by atoms with E-state index in [1.165, 1.54) is 6.07 Å². The Morgan fingerprint density at radius 1 is 1.26 bits per heavy atom. The molecule has 23 heavy (non-hydrogen) atoms. The van der Waals surface area contributed by atoms with E-state index in [1.54, 1.807) is 18.2 Å². The first kappa shape index (κ1) is 17.9. The fourth-order valence-corrected chi connectivity index (χ4v) is 3.23. The molecule has 1 aliphatic carbocycles. The lowest BCUT2D eigenvalue weighted by atomic mass is 9.93. The molecule has 3 N–H and O–H groups in total. The van der Waals surface area contributed by atoms with Gasteiger partial charge in [-0.25, -0.2) is 4.79 Å². The van der Waals surface area contributed by atoms with Gasteiger partial charge in [-0.1, -0.05) is 25.0 Å². The molecule has 0 saturated heterocycles. The molecule has 2 amide bonds. The van der Waals surface area contributed by atoms with E-state index in [1.807, 2.05) is 0 Å². The molecule has 0 bridgehead atoms. The predicted octanol–water partition coefficient (Wildman–Crippen LogP) is 3.77. The maximum absolute atomic E-state index is 12.3. The van der Waals surface area contributed by atoms with E-state index in [4.69, 9.17) is 0 Å². The summed E-state index contributed by atoms with van der Waals surface area (Å²) in [5.74, 6) is -1.02. The van der Waals surface area contributed by atoms with Crippen molar-refractivity contribution in [3.05, 3.63) is 24.3 Å². The largest absolute Gasteiger partial charge is 0.398 e. The van der Waals surface area contributed by atoms with E-state index >= 15 is 0 Å². The number of benzene rings is 1. The number of urea groups is 1. The van der Waals surface area contributed by atoms with Gasteiger partial charge >= 0.3 is 12.2 Å². The standard InChI is InChI=1S/C15H19F3N2O2S/c16-15(17,18)9-23-13-8-4-2-6-11(13)20-14(22)19-10-5-1-3-7-12(10)21/h2,4,6,8,10,12,21H,1,3,5,7,9H2,(H2,19,20,22). The number of amides is 2. The van der Waals surface area contributed by atoms with Crippen molar-refractivity contribution in [1.82, 2.24) is 5.32 Å². The van der Waals surface area contributed by atoms with Crippen molar-refractivity contribution in [2.24, 2.45) is 0 Å². The summed E-state index contributed by atoms with van der Waals surface area (Å²) in [5.41, 5.74) is 0.324. The number of hydrogen-bond donors (Lipinski definition) is 3. The molecule has 0 heterocycles. The molecular formula is C15H19F3N2O2S. The smallest absolute Gasteiger partial charge is 0.391 e. The highest BCUT2D eigenvalue weighted by Crippen LogP contribution is 2.32. The van der Waals surface area contributed by atoms with Crippen LogP contribution in [0.3, 0.4) is 0 Å². The van der Waals surface area contributed by atoms with E-state index in [2.05, 4.69) is 10.6 Å². The number of rotatable bonds is 4. The average Bonchev–Trinajstić information content (AvgIpc) is 2.48. The maximum Gasteiger partial charge on any atom is 0.398 e. The molecule has 0 aliphatic heterocycles. The second-order valence-corrected chi connectivity index (χ2v) is 6.47. The second kappa shape index (κ2) is 7.92. The third-order valence-corrected chi connectivity index (χ3v) is 4.71. The van der Waals surface area contributed by atoms with Crippen LogP contribution >= 0.6 is 11.8 Å². The van der Waals surface area contributed by atoms with E-state index in [0.717, 1.165) is 12.8 Å². The third kappa shape index (κ3) is 5.95. The molecule has 4 nitrogen and oxygen atoms in total. The van der Waals surface area contributed by atoms with Crippen molar-refractivity contribution in [3.8, 4) is 0 Å². The van der Waals surface area contributed by atoms with E-state index in [9.17, 15) is 23.1 Å². The molecule has 0 radical (unpaired) electrons. The Hall–Kier alpha value is -1.41. The fourth-order valence-electron chi connectivity index (χ4n) is 2.46. The summed E-state index contributed by atoms with van der Waals surface area (Å²) in [4.78, 5) is 12.4. The van der Waals surface area contributed by atoms with Crippen LogP contribution in [0.2, 0.25) is 0 Å². The average molecular weight is 348 g/mol. The van der Waals surface area contributed by atoms with Gasteiger partial charge in [0.2, 0.25) is 0 Å². The van der Waals surface area contributed by atoms with Crippen molar-refractivity contribution in [1.29, 1.82) is 0 Å². The molecular weight excluding hydrogens is 329 g/mol. The second-order valence-electron chi connectivity index (χ2n) is 5.46. The number of thioether (sulfide) groups is 1. The molecule has 1 aliphatic rings. The molecule has 2 atom stereocenters. The molecule has 2 unspecified atom stereocenters. The minimum atomic E-state index is -4.27. The lowest BCUT2D eigenvalue weighted by molar-refractivity contribution is -0.105. The summed E-state index contributed by atoms with van der Waals surface area (Å²) >= 11 is 0.626. The fraction of sp³-hybridized carbons (Fsp3) is 0.533. The Morgan fingerprint density at radius 2 is 1.96 bits per heavy atom. The zero-order chi connectivity index (χ0) is 16.9. The maximum atomic E-state index is 12.3. The van der Waals surface area contributed by atoms with Crippen LogP contribution in [-0.2, 0) is 0 Å². The highest BCUT2D eigenvalue weighted by molar-refractivity contribution is 7.99. The van der Waals surface area contributed by atoms with E-state index in [0.29, 0.717) is 35.2 Å². The van der Waals surface area contributed by atoms with Crippen molar-refractivity contribution in [2.75, 3.05) is 11.1 Å². The van der Waals surface area contributed by atoms with Gasteiger partial charge in [0, 0.05) is 4.90 Å². The SMILES string of the molecule is O=C(Nc1ccccc1SCC(F)(F)F)NC1CCCCC1O. The molecule has 8 heteroatoms. The van der Waals surface area contributed by atoms with Crippen LogP contribution in [0.1, 0.15) is 25.7 Å². The number of anilines is 1. The lowest BCUT2D eigenvalue weighted by Crippen LogP contribution is -2.46. The summed E-state index contributed by atoms with van der Waals surface area (Å²) in [6.45, 7) is 0. The number of halogens is 3. The van der Waals surface area contributed by atoms with E-state index in [-0.39, 0.29) is 6.04 Å². The van der Waals surface area contributed by atoms with Crippen LogP contribution < -0.4 is 10.6 Å². The highest BCUT2D eigenvalue weighted by Gasteiger charge is 2.28. The highest BCUT2D eigenvalue weighted by atomic mass is 32.2. The topological polar surface area (TPSA) is 61.4 Å². The number of nitrogens with one attached hydrogen (secondary N) is 2. The van der Waals surface area contributed by atoms with Crippen LogP contribution in [0.15, 0.2) is 29.2 Å². The van der Waals surface area contributed by atoms with Crippen LogP contribution in [0.25, 0.3) is 0 Å². The molecule has 1 aromatic carbocycles. The van der Waals surface area contributed by atoms with Crippen LogP contribution in [-0.4, -0.2) is 35.2 Å². The molecule has 1 saturated carbocycles. The van der Waals surface area contributed by atoms with E-state index < -0.39 is 24.1 Å². The predicted molar refractivity (Wildman–Crippen MR) is 83.6 cm³/mol. The number of carbonyl (C=O) groups excluding carboxylic acids is 1. The normalized spacial score (nSPS) is 21.7. The first-order valence-corrected chi connectivity index (χ1v) is 8.38. The third-order valence-electron chi connectivity index (χ3n) is 3.57. The Balaban J connectivity index is 1.95. The monoisotopic (exact) mass is 348 g/mol.